The van der Waals surface area contributed by atoms with Crippen molar-refractivity contribution in [2.24, 2.45) is 0 Å². The van der Waals surface area contributed by atoms with E-state index < -0.39 is 0 Å². The lowest BCUT2D eigenvalue weighted by Gasteiger charge is -2.08. The average Bonchev–Trinajstić information content (AvgIpc) is 2.96. The number of halogens is 2. The van der Waals surface area contributed by atoms with Crippen molar-refractivity contribution in [1.82, 2.24) is 0 Å². The highest BCUT2D eigenvalue weighted by Crippen LogP contribution is 2.35. The Morgan fingerprint density at radius 2 is 1.89 bits per heavy atom. The van der Waals surface area contributed by atoms with Gasteiger partial charge in [0.25, 0.3) is 0 Å². The molecular weight excluding hydrogens is 411 g/mol. The second-order valence-electron chi connectivity index (χ2n) is 6.03. The second-order valence-corrected chi connectivity index (χ2v) is 6.95. The predicted molar refractivity (Wildman–Crippen MR) is 104 cm³/mol. The number of hydrogen-bond donors (Lipinski definition) is 0. The summed E-state index contributed by atoms with van der Waals surface area (Å²) in [5.74, 6) is 0.713. The number of hydrogen-bond acceptors (Lipinski definition) is 3. The summed E-state index contributed by atoms with van der Waals surface area (Å²) in [6.45, 7) is 0.0974. The molecule has 1 aliphatic heterocycles. The van der Waals surface area contributed by atoms with Gasteiger partial charge in [-0.25, -0.2) is 4.39 Å². The van der Waals surface area contributed by atoms with Crippen LogP contribution in [0.5, 0.6) is 11.5 Å². The van der Waals surface area contributed by atoms with Gasteiger partial charge in [-0.1, -0.05) is 46.3 Å². The van der Waals surface area contributed by atoms with Crippen LogP contribution in [0.1, 0.15) is 21.5 Å². The summed E-state index contributed by atoms with van der Waals surface area (Å²) in [6.07, 6.45) is 1.70. The van der Waals surface area contributed by atoms with Crippen LogP contribution < -0.4 is 9.47 Å². The third kappa shape index (κ3) is 3.78. The molecule has 0 saturated carbocycles. The van der Waals surface area contributed by atoms with Crippen LogP contribution in [0.15, 0.2) is 77.0 Å². The molecule has 0 atom stereocenters. The number of Topliss-reactive ketones (excluding diaryl/α,β-unsaturated/α-hetero) is 1. The van der Waals surface area contributed by atoms with Crippen LogP contribution >= 0.6 is 15.9 Å². The molecule has 0 aromatic heterocycles. The molecule has 3 aromatic carbocycles. The van der Waals surface area contributed by atoms with Gasteiger partial charge in [0.1, 0.15) is 23.9 Å². The lowest BCUT2D eigenvalue weighted by Crippen LogP contribution is -1.98. The highest BCUT2D eigenvalue weighted by Gasteiger charge is 2.27. The second kappa shape index (κ2) is 7.37. The largest absolute Gasteiger partial charge is 0.489 e. The van der Waals surface area contributed by atoms with Crippen LogP contribution in [0.25, 0.3) is 6.08 Å². The zero-order chi connectivity index (χ0) is 18.8. The average molecular weight is 425 g/mol. The van der Waals surface area contributed by atoms with Gasteiger partial charge in [0.05, 0.1) is 5.56 Å². The monoisotopic (exact) mass is 424 g/mol. The van der Waals surface area contributed by atoms with E-state index >= 15 is 0 Å². The van der Waals surface area contributed by atoms with Crippen LogP contribution in [0.2, 0.25) is 0 Å². The van der Waals surface area contributed by atoms with Gasteiger partial charge in [-0.15, -0.1) is 0 Å². The molecule has 3 nitrogen and oxygen atoms in total. The molecule has 0 N–H and O–H groups in total. The molecule has 0 spiro atoms. The fraction of sp³-hybridized carbons (Fsp3) is 0.0455. The number of carbonyl (C=O) groups is 1. The molecule has 0 fully saturated rings. The Bertz CT molecular complexity index is 1060. The number of allylic oxidation sites excluding steroid dienone is 1. The Morgan fingerprint density at radius 3 is 2.70 bits per heavy atom. The summed E-state index contributed by atoms with van der Waals surface area (Å²) in [5.41, 5.74) is 1.80. The zero-order valence-electron chi connectivity index (χ0n) is 14.1. The van der Waals surface area contributed by atoms with E-state index in [1.165, 1.54) is 6.07 Å². The number of ether oxygens (including phenoxy) is 2. The van der Waals surface area contributed by atoms with Crippen molar-refractivity contribution in [1.29, 1.82) is 0 Å². The Labute approximate surface area is 164 Å². The minimum absolute atomic E-state index is 0.0974. The quantitative estimate of drug-likeness (QED) is 0.497. The first kappa shape index (κ1) is 17.5. The number of carbonyl (C=O) groups excluding carboxylic acids is 1. The first-order chi connectivity index (χ1) is 13.1. The Balaban J connectivity index is 1.53. The van der Waals surface area contributed by atoms with Crippen LogP contribution in [-0.2, 0) is 6.61 Å². The fourth-order valence-corrected chi connectivity index (χ4v) is 3.20. The summed E-state index contributed by atoms with van der Waals surface area (Å²) in [7, 11) is 0. The van der Waals surface area contributed by atoms with Crippen LogP contribution in [0, 0.1) is 5.82 Å². The Hall–Kier alpha value is -2.92. The molecule has 0 saturated heterocycles. The SMILES string of the molecule is O=C1C(=Cc2cccc(Br)c2)Oc2cc(OCc3ccccc3F)ccc21. The van der Waals surface area contributed by atoms with Gasteiger partial charge in [0, 0.05) is 16.1 Å². The molecule has 0 radical (unpaired) electrons. The van der Waals surface area contributed by atoms with Crippen LogP contribution in [0.3, 0.4) is 0 Å². The third-order valence-corrected chi connectivity index (χ3v) is 4.63. The fourth-order valence-electron chi connectivity index (χ4n) is 2.78. The molecule has 4 rings (SSSR count). The Morgan fingerprint density at radius 1 is 1.04 bits per heavy atom. The maximum absolute atomic E-state index is 13.7. The smallest absolute Gasteiger partial charge is 0.231 e. The third-order valence-electron chi connectivity index (χ3n) is 4.14. The molecule has 27 heavy (non-hydrogen) atoms. The van der Waals surface area contributed by atoms with E-state index in [4.69, 9.17) is 9.47 Å². The van der Waals surface area contributed by atoms with Gasteiger partial charge < -0.3 is 9.47 Å². The summed E-state index contributed by atoms with van der Waals surface area (Å²) < 4.78 is 26.0. The Kier molecular flexibility index (Phi) is 4.77. The van der Waals surface area contributed by atoms with E-state index in [-0.39, 0.29) is 24.0 Å². The molecular formula is C22H14BrFO3. The van der Waals surface area contributed by atoms with E-state index in [0.717, 1.165) is 10.0 Å². The van der Waals surface area contributed by atoms with Crippen molar-refractivity contribution in [3.63, 3.8) is 0 Å². The van der Waals surface area contributed by atoms with E-state index in [0.29, 0.717) is 22.6 Å². The number of ketones is 1. The van der Waals surface area contributed by atoms with E-state index in [1.54, 1.807) is 42.5 Å². The van der Waals surface area contributed by atoms with E-state index in [9.17, 15) is 9.18 Å². The summed E-state index contributed by atoms with van der Waals surface area (Å²) in [4.78, 5) is 12.5. The molecule has 0 unspecified atom stereocenters. The first-order valence-electron chi connectivity index (χ1n) is 8.30. The van der Waals surface area contributed by atoms with Gasteiger partial charge >= 0.3 is 0 Å². The van der Waals surface area contributed by atoms with Gasteiger partial charge in [-0.3, -0.25) is 4.79 Å². The van der Waals surface area contributed by atoms with E-state index in [1.807, 2.05) is 24.3 Å². The molecule has 0 amide bonds. The van der Waals surface area contributed by atoms with Crippen molar-refractivity contribution in [3.05, 3.63) is 99.5 Å². The highest BCUT2D eigenvalue weighted by molar-refractivity contribution is 9.10. The molecule has 0 bridgehead atoms. The number of fused-ring (bicyclic) bond motifs is 1. The highest BCUT2D eigenvalue weighted by atomic mass is 79.9. The standard InChI is InChI=1S/C22H14BrFO3/c23-16-6-3-4-14(10-16)11-21-22(25)18-9-8-17(12-20(18)27-21)26-13-15-5-1-2-7-19(15)24/h1-12H,13H2. The van der Waals surface area contributed by atoms with Crippen LogP contribution in [0.4, 0.5) is 4.39 Å². The molecule has 1 heterocycles. The lowest BCUT2D eigenvalue weighted by molar-refractivity contribution is 0.101. The van der Waals surface area contributed by atoms with Gasteiger partial charge in [-0.05, 0) is 42.0 Å². The minimum Gasteiger partial charge on any atom is -0.489 e. The molecule has 0 aliphatic carbocycles. The van der Waals surface area contributed by atoms with Crippen molar-refractivity contribution in [2.75, 3.05) is 0 Å². The van der Waals surface area contributed by atoms with Crippen LogP contribution in [-0.4, -0.2) is 5.78 Å². The molecule has 1 aliphatic rings. The van der Waals surface area contributed by atoms with Gasteiger partial charge in [-0.2, -0.15) is 0 Å². The van der Waals surface area contributed by atoms with Crippen molar-refractivity contribution >= 4 is 27.8 Å². The topological polar surface area (TPSA) is 35.5 Å². The van der Waals surface area contributed by atoms with E-state index in [2.05, 4.69) is 15.9 Å². The summed E-state index contributed by atoms with van der Waals surface area (Å²) in [5, 5.41) is 0. The number of rotatable bonds is 4. The van der Waals surface area contributed by atoms with Crippen molar-refractivity contribution < 1.29 is 18.7 Å². The maximum atomic E-state index is 13.7. The summed E-state index contributed by atoms with van der Waals surface area (Å²) in [6, 6.07) is 19.0. The molecule has 3 aromatic rings. The predicted octanol–water partition coefficient (Wildman–Crippen LogP) is 5.78. The summed E-state index contributed by atoms with van der Waals surface area (Å²) >= 11 is 3.41. The van der Waals surface area contributed by atoms with Crippen molar-refractivity contribution in [3.8, 4) is 11.5 Å². The number of benzene rings is 3. The van der Waals surface area contributed by atoms with Gasteiger partial charge in [0.15, 0.2) is 5.76 Å². The van der Waals surface area contributed by atoms with Crippen molar-refractivity contribution in [2.45, 2.75) is 6.61 Å². The molecule has 134 valence electrons. The maximum Gasteiger partial charge on any atom is 0.231 e. The normalized spacial score (nSPS) is 14.1. The van der Waals surface area contributed by atoms with Gasteiger partial charge in [0.2, 0.25) is 5.78 Å². The zero-order valence-corrected chi connectivity index (χ0v) is 15.7. The minimum atomic E-state index is -0.315. The molecule has 5 heteroatoms. The lowest BCUT2D eigenvalue weighted by atomic mass is 10.1. The first-order valence-corrected chi connectivity index (χ1v) is 9.09.